The molecule has 4 heteroatoms. The highest BCUT2D eigenvalue weighted by molar-refractivity contribution is 5.73. The topological polar surface area (TPSA) is 41.6 Å². The summed E-state index contributed by atoms with van der Waals surface area (Å²) in [5.74, 6) is 0.766. The largest absolute Gasteiger partial charge is 0.409 e. The molecule has 0 aromatic rings. The molecule has 0 radical (unpaired) electrons. The van der Waals surface area contributed by atoms with Crippen molar-refractivity contribution in [2.75, 3.05) is 13.6 Å². The number of nitrogens with one attached hydrogen (secondary N) is 1. The smallest absolute Gasteiger partial charge is 0.217 e. The predicted molar refractivity (Wildman–Crippen MR) is 45.1 cm³/mol. The van der Waals surface area contributed by atoms with Crippen molar-refractivity contribution in [3.05, 3.63) is 11.8 Å². The Morgan fingerprint density at radius 3 is 2.92 bits per heavy atom. The lowest BCUT2D eigenvalue weighted by Gasteiger charge is -2.13. The second-order valence-electron chi connectivity index (χ2n) is 2.92. The van der Waals surface area contributed by atoms with E-state index in [4.69, 9.17) is 4.84 Å². The van der Waals surface area contributed by atoms with Gasteiger partial charge in [-0.1, -0.05) is 0 Å². The molecule has 0 fully saturated rings. The van der Waals surface area contributed by atoms with Crippen LogP contribution in [0.2, 0.25) is 0 Å². The first-order valence-electron chi connectivity index (χ1n) is 3.95. The summed E-state index contributed by atoms with van der Waals surface area (Å²) in [5, 5.41) is 4.42. The van der Waals surface area contributed by atoms with Crippen LogP contribution in [0.5, 0.6) is 0 Å². The number of nitrogens with zero attached hydrogens (tertiary/aromatic N) is 1. The Kier molecular flexibility index (Phi) is 2.70. The van der Waals surface area contributed by atoms with Crippen molar-refractivity contribution < 1.29 is 9.63 Å². The van der Waals surface area contributed by atoms with E-state index in [0.29, 0.717) is 6.54 Å². The van der Waals surface area contributed by atoms with E-state index < -0.39 is 0 Å². The Morgan fingerprint density at radius 2 is 2.50 bits per heavy atom. The van der Waals surface area contributed by atoms with Gasteiger partial charge < -0.3 is 10.2 Å². The van der Waals surface area contributed by atoms with Crippen LogP contribution in [0, 0.1) is 0 Å². The maximum atomic E-state index is 10.6. The van der Waals surface area contributed by atoms with Crippen LogP contribution >= 0.6 is 0 Å². The third-order valence-corrected chi connectivity index (χ3v) is 1.77. The molecule has 1 N–H and O–H groups in total. The summed E-state index contributed by atoms with van der Waals surface area (Å²) >= 11 is 0. The van der Waals surface area contributed by atoms with Crippen LogP contribution in [0.4, 0.5) is 0 Å². The quantitative estimate of drug-likeness (QED) is 0.647. The van der Waals surface area contributed by atoms with Gasteiger partial charge in [0.25, 0.3) is 0 Å². The van der Waals surface area contributed by atoms with E-state index in [1.807, 2.05) is 20.0 Å². The molecule has 1 rings (SSSR count). The molecule has 1 unspecified atom stereocenters. The minimum atomic E-state index is -0.0401. The zero-order chi connectivity index (χ0) is 9.14. The van der Waals surface area contributed by atoms with Gasteiger partial charge in [-0.2, -0.15) is 0 Å². The van der Waals surface area contributed by atoms with Crippen LogP contribution in [0.25, 0.3) is 0 Å². The highest BCUT2D eigenvalue weighted by Crippen LogP contribution is 2.14. The molecule has 0 saturated carbocycles. The third-order valence-electron chi connectivity index (χ3n) is 1.77. The molecule has 68 valence electrons. The molecule has 1 heterocycles. The van der Waals surface area contributed by atoms with Gasteiger partial charge >= 0.3 is 0 Å². The highest BCUT2D eigenvalue weighted by Gasteiger charge is 2.18. The molecule has 12 heavy (non-hydrogen) atoms. The second kappa shape index (κ2) is 3.58. The van der Waals surface area contributed by atoms with Gasteiger partial charge in [-0.25, -0.2) is 0 Å². The Hall–Kier alpha value is -1.03. The van der Waals surface area contributed by atoms with Crippen molar-refractivity contribution in [3.8, 4) is 0 Å². The molecule has 1 amide bonds. The second-order valence-corrected chi connectivity index (χ2v) is 2.92. The van der Waals surface area contributed by atoms with Crippen LogP contribution in [-0.2, 0) is 9.63 Å². The van der Waals surface area contributed by atoms with Crippen molar-refractivity contribution in [1.82, 2.24) is 10.4 Å². The molecule has 0 aromatic heterocycles. The van der Waals surface area contributed by atoms with Gasteiger partial charge in [-0.3, -0.25) is 4.79 Å². The third kappa shape index (κ3) is 2.23. The summed E-state index contributed by atoms with van der Waals surface area (Å²) in [6, 6.07) is 0.286. The normalized spacial score (nSPS) is 23.2. The summed E-state index contributed by atoms with van der Waals surface area (Å²) in [4.78, 5) is 15.9. The van der Waals surface area contributed by atoms with Crippen LogP contribution < -0.4 is 5.32 Å². The van der Waals surface area contributed by atoms with Gasteiger partial charge in [0.15, 0.2) is 0 Å². The first-order chi connectivity index (χ1) is 5.59. The number of carbonyl (C=O) groups is 1. The number of likely N-dealkylation sites (N-methyl/N-ethyl adjacent to an activating group) is 1. The van der Waals surface area contributed by atoms with Crippen molar-refractivity contribution in [2.45, 2.75) is 19.9 Å². The Bertz CT molecular complexity index is 213. The van der Waals surface area contributed by atoms with E-state index in [1.54, 1.807) is 5.06 Å². The molecular weight excluding hydrogens is 156 g/mol. The molecule has 1 aliphatic heterocycles. The molecule has 0 aromatic carbocycles. The minimum absolute atomic E-state index is 0.0401. The monoisotopic (exact) mass is 170 g/mol. The summed E-state index contributed by atoms with van der Waals surface area (Å²) in [6.07, 6.45) is 1.98. The van der Waals surface area contributed by atoms with E-state index in [0.717, 1.165) is 5.76 Å². The van der Waals surface area contributed by atoms with Crippen LogP contribution in [0.1, 0.15) is 13.8 Å². The van der Waals surface area contributed by atoms with Gasteiger partial charge in [-0.15, -0.1) is 5.06 Å². The van der Waals surface area contributed by atoms with E-state index in [9.17, 15) is 4.79 Å². The van der Waals surface area contributed by atoms with E-state index >= 15 is 0 Å². The number of hydrogen-bond acceptors (Lipinski definition) is 3. The summed E-state index contributed by atoms with van der Waals surface area (Å²) in [6.45, 7) is 3.99. The van der Waals surface area contributed by atoms with Crippen molar-refractivity contribution in [2.24, 2.45) is 0 Å². The van der Waals surface area contributed by atoms with E-state index in [-0.39, 0.29) is 11.9 Å². The summed E-state index contributed by atoms with van der Waals surface area (Å²) in [7, 11) is 1.86. The molecule has 1 atom stereocenters. The lowest BCUT2D eigenvalue weighted by molar-refractivity contribution is -0.120. The number of carbonyl (C=O) groups excluding carboxylic acids is 1. The van der Waals surface area contributed by atoms with Crippen LogP contribution in [-0.4, -0.2) is 30.6 Å². The standard InChI is InChI=1S/C8H14N2O2/c1-6-4-8(12-10(6)3)5-9-7(2)11/h4,6H,5H2,1-3H3,(H,9,11). The maximum absolute atomic E-state index is 10.6. The maximum Gasteiger partial charge on any atom is 0.217 e. The zero-order valence-electron chi connectivity index (χ0n) is 7.63. The van der Waals surface area contributed by atoms with Crippen molar-refractivity contribution in [1.29, 1.82) is 0 Å². The average Bonchev–Trinajstić information content (AvgIpc) is 2.28. The van der Waals surface area contributed by atoms with E-state index in [1.165, 1.54) is 6.92 Å². The SMILES string of the molecule is CC(=O)NCC1=CC(C)N(C)O1. The number of hydroxylamine groups is 2. The Balaban J connectivity index is 2.35. The Morgan fingerprint density at radius 1 is 1.83 bits per heavy atom. The van der Waals surface area contributed by atoms with Gasteiger partial charge in [0, 0.05) is 14.0 Å². The fourth-order valence-electron chi connectivity index (χ4n) is 0.975. The fraction of sp³-hybridized carbons (Fsp3) is 0.625. The molecule has 4 nitrogen and oxygen atoms in total. The molecule has 1 aliphatic rings. The highest BCUT2D eigenvalue weighted by atomic mass is 16.7. The first kappa shape index (κ1) is 9.06. The number of rotatable bonds is 2. The average molecular weight is 170 g/mol. The number of amides is 1. The van der Waals surface area contributed by atoms with Crippen molar-refractivity contribution in [3.63, 3.8) is 0 Å². The molecule has 0 spiro atoms. The Labute approximate surface area is 72.1 Å². The number of hydrogen-bond donors (Lipinski definition) is 1. The molecule has 0 aliphatic carbocycles. The van der Waals surface area contributed by atoms with Gasteiger partial charge in [0.2, 0.25) is 5.91 Å². The first-order valence-corrected chi connectivity index (χ1v) is 3.95. The van der Waals surface area contributed by atoms with Crippen LogP contribution in [0.3, 0.4) is 0 Å². The lowest BCUT2D eigenvalue weighted by Crippen LogP contribution is -2.24. The van der Waals surface area contributed by atoms with Crippen LogP contribution in [0.15, 0.2) is 11.8 Å². The lowest BCUT2D eigenvalue weighted by atomic mass is 10.3. The minimum Gasteiger partial charge on any atom is -0.409 e. The molecular formula is C8H14N2O2. The van der Waals surface area contributed by atoms with Gasteiger partial charge in [0.1, 0.15) is 5.76 Å². The van der Waals surface area contributed by atoms with Gasteiger partial charge in [0.05, 0.1) is 12.6 Å². The zero-order valence-corrected chi connectivity index (χ0v) is 7.63. The summed E-state index contributed by atoms with van der Waals surface area (Å²) < 4.78 is 0. The van der Waals surface area contributed by atoms with Crippen molar-refractivity contribution >= 4 is 5.91 Å². The summed E-state index contributed by atoms with van der Waals surface area (Å²) in [5.41, 5.74) is 0. The molecule has 0 bridgehead atoms. The van der Waals surface area contributed by atoms with Gasteiger partial charge in [-0.05, 0) is 13.0 Å². The fourth-order valence-corrected chi connectivity index (χ4v) is 0.975. The predicted octanol–water partition coefficient (Wildman–Crippen LogP) is 0.272. The molecule has 0 saturated heterocycles. The van der Waals surface area contributed by atoms with E-state index in [2.05, 4.69) is 5.32 Å².